The van der Waals surface area contributed by atoms with E-state index in [4.69, 9.17) is 11.5 Å². The third-order valence-electron chi connectivity index (χ3n) is 2.60. The minimum atomic E-state index is -1.20. The molecule has 1 aliphatic heterocycles. The van der Waals surface area contributed by atoms with Crippen LogP contribution >= 0.6 is 0 Å². The van der Waals surface area contributed by atoms with Crippen LogP contribution < -0.4 is 22.1 Å². The summed E-state index contributed by atoms with van der Waals surface area (Å²) in [4.78, 5) is 15.6. The lowest BCUT2D eigenvalue weighted by Gasteiger charge is -2.30. The fourth-order valence-corrected chi connectivity index (χ4v) is 1.54. The van der Waals surface area contributed by atoms with Gasteiger partial charge in [0.1, 0.15) is 0 Å². The highest BCUT2D eigenvalue weighted by atomic mass is 16.2. The van der Waals surface area contributed by atoms with Gasteiger partial charge in [0.2, 0.25) is 0 Å². The van der Waals surface area contributed by atoms with Crippen molar-refractivity contribution in [2.45, 2.75) is 12.2 Å². The summed E-state index contributed by atoms with van der Waals surface area (Å²) in [5.74, 6) is -0.251. The maximum absolute atomic E-state index is 11.7. The summed E-state index contributed by atoms with van der Waals surface area (Å²) in [6.07, 6.45) is 0. The van der Waals surface area contributed by atoms with Gasteiger partial charge in [-0.3, -0.25) is 15.4 Å². The van der Waals surface area contributed by atoms with E-state index >= 15 is 0 Å². The molecule has 0 radical (unpaired) electrons. The van der Waals surface area contributed by atoms with Crippen molar-refractivity contribution < 1.29 is 4.79 Å². The average molecular weight is 233 g/mol. The first-order valence-corrected chi connectivity index (χ1v) is 5.29. The molecule has 0 spiro atoms. The van der Waals surface area contributed by atoms with Crippen LogP contribution in [-0.4, -0.2) is 24.1 Å². The summed E-state index contributed by atoms with van der Waals surface area (Å²) >= 11 is 0. The number of nitrogens with one attached hydrogen (secondary N) is 2. The molecule has 17 heavy (non-hydrogen) atoms. The van der Waals surface area contributed by atoms with Gasteiger partial charge in [-0.15, -0.1) is 0 Å². The van der Waals surface area contributed by atoms with Crippen molar-refractivity contribution in [3.63, 3.8) is 0 Å². The zero-order chi connectivity index (χ0) is 12.3. The van der Waals surface area contributed by atoms with Crippen LogP contribution in [0.4, 0.5) is 0 Å². The molecule has 0 saturated carbocycles. The van der Waals surface area contributed by atoms with Gasteiger partial charge in [-0.2, -0.15) is 0 Å². The van der Waals surface area contributed by atoms with Crippen LogP contribution in [0.2, 0.25) is 0 Å². The summed E-state index contributed by atoms with van der Waals surface area (Å²) in [5.41, 5.74) is 11.2. The third kappa shape index (κ3) is 2.61. The molecule has 1 aromatic carbocycles. The van der Waals surface area contributed by atoms with E-state index in [-0.39, 0.29) is 18.4 Å². The highest BCUT2D eigenvalue weighted by Gasteiger charge is 2.36. The number of nitrogens with two attached hydrogens (primary N) is 2. The monoisotopic (exact) mass is 233 g/mol. The number of carbonyl (C=O) groups excluding carboxylic acids is 1. The molecular formula is C11H15N5O. The Morgan fingerprint density at radius 2 is 2.12 bits per heavy atom. The number of guanidine groups is 1. The molecular weight excluding hydrogens is 218 g/mol. The first-order valence-electron chi connectivity index (χ1n) is 5.29. The topological polar surface area (TPSA) is 106 Å². The normalized spacial score (nSPS) is 24.1. The molecule has 1 aromatic rings. The standard InChI is InChI=1S/C11H15N5O/c12-10-14-7-11(13,9(17)16-10)15-6-8-4-2-1-3-5-8/h1-5,15H,6-7,13H2,(H3,12,14,16,17). The zero-order valence-corrected chi connectivity index (χ0v) is 9.31. The van der Waals surface area contributed by atoms with Gasteiger partial charge < -0.3 is 11.5 Å². The van der Waals surface area contributed by atoms with Gasteiger partial charge in [-0.05, 0) is 5.56 Å². The summed E-state index contributed by atoms with van der Waals surface area (Å²) in [5, 5.41) is 5.40. The summed E-state index contributed by atoms with van der Waals surface area (Å²) in [6, 6.07) is 9.69. The van der Waals surface area contributed by atoms with Gasteiger partial charge in [0.15, 0.2) is 11.6 Å². The van der Waals surface area contributed by atoms with Crippen LogP contribution in [-0.2, 0) is 11.3 Å². The molecule has 6 N–H and O–H groups in total. The molecule has 0 bridgehead atoms. The number of nitrogens with zero attached hydrogens (tertiary/aromatic N) is 1. The molecule has 1 aliphatic rings. The second-order valence-electron chi connectivity index (χ2n) is 3.97. The second-order valence-corrected chi connectivity index (χ2v) is 3.97. The van der Waals surface area contributed by atoms with Crippen molar-refractivity contribution in [2.24, 2.45) is 16.5 Å². The van der Waals surface area contributed by atoms with E-state index < -0.39 is 5.66 Å². The van der Waals surface area contributed by atoms with Gasteiger partial charge >= 0.3 is 0 Å². The molecule has 1 amide bonds. The van der Waals surface area contributed by atoms with Crippen LogP contribution in [0.5, 0.6) is 0 Å². The quantitative estimate of drug-likeness (QED) is 0.496. The Hall–Kier alpha value is -1.92. The maximum atomic E-state index is 11.7. The van der Waals surface area contributed by atoms with E-state index in [1.807, 2.05) is 30.3 Å². The smallest absolute Gasteiger partial charge is 0.263 e. The van der Waals surface area contributed by atoms with Crippen molar-refractivity contribution in [2.75, 3.05) is 6.54 Å². The number of carbonyl (C=O) groups is 1. The van der Waals surface area contributed by atoms with Crippen LogP contribution in [0.1, 0.15) is 5.56 Å². The molecule has 0 saturated heterocycles. The van der Waals surface area contributed by atoms with E-state index in [0.29, 0.717) is 6.54 Å². The molecule has 0 aliphatic carbocycles. The van der Waals surface area contributed by atoms with Crippen molar-refractivity contribution in [1.29, 1.82) is 0 Å². The SMILES string of the molecule is NC1=NCC(N)(NCc2ccccc2)C(=O)N1. The Morgan fingerprint density at radius 3 is 2.76 bits per heavy atom. The number of rotatable bonds is 3. The summed E-state index contributed by atoms with van der Waals surface area (Å²) in [6.45, 7) is 0.637. The highest BCUT2D eigenvalue weighted by Crippen LogP contribution is 2.05. The predicted octanol–water partition coefficient (Wildman–Crippen LogP) is -1.12. The van der Waals surface area contributed by atoms with E-state index in [9.17, 15) is 4.79 Å². The van der Waals surface area contributed by atoms with Crippen LogP contribution in [0, 0.1) is 0 Å². The molecule has 1 atom stereocenters. The first-order chi connectivity index (χ1) is 8.10. The fourth-order valence-electron chi connectivity index (χ4n) is 1.54. The number of benzene rings is 1. The molecule has 0 aromatic heterocycles. The Morgan fingerprint density at radius 1 is 1.41 bits per heavy atom. The van der Waals surface area contributed by atoms with E-state index in [1.165, 1.54) is 0 Å². The molecule has 1 heterocycles. The fraction of sp³-hybridized carbons (Fsp3) is 0.273. The minimum absolute atomic E-state index is 0.109. The van der Waals surface area contributed by atoms with E-state index in [0.717, 1.165) is 5.56 Å². The largest absolute Gasteiger partial charge is 0.370 e. The summed E-state index contributed by atoms with van der Waals surface area (Å²) in [7, 11) is 0. The third-order valence-corrected chi connectivity index (χ3v) is 2.60. The average Bonchev–Trinajstić information content (AvgIpc) is 2.34. The maximum Gasteiger partial charge on any atom is 0.263 e. The first kappa shape index (κ1) is 11.6. The predicted molar refractivity (Wildman–Crippen MR) is 64.8 cm³/mol. The lowest BCUT2D eigenvalue weighted by molar-refractivity contribution is -0.126. The zero-order valence-electron chi connectivity index (χ0n) is 9.31. The second kappa shape index (κ2) is 4.52. The van der Waals surface area contributed by atoms with Crippen molar-refractivity contribution >= 4 is 11.9 Å². The van der Waals surface area contributed by atoms with Crippen molar-refractivity contribution in [3.05, 3.63) is 35.9 Å². The molecule has 0 fully saturated rings. The molecule has 90 valence electrons. The molecule has 6 heteroatoms. The van der Waals surface area contributed by atoms with Crippen molar-refractivity contribution in [1.82, 2.24) is 10.6 Å². The van der Waals surface area contributed by atoms with E-state index in [1.54, 1.807) is 0 Å². The van der Waals surface area contributed by atoms with Gasteiger partial charge in [-0.1, -0.05) is 30.3 Å². The van der Waals surface area contributed by atoms with Gasteiger partial charge in [0, 0.05) is 6.54 Å². The Kier molecular flexibility index (Phi) is 3.08. The van der Waals surface area contributed by atoms with Crippen LogP contribution in [0.3, 0.4) is 0 Å². The lowest BCUT2D eigenvalue weighted by Crippen LogP contribution is -2.69. The van der Waals surface area contributed by atoms with Gasteiger partial charge in [0.25, 0.3) is 5.91 Å². The number of hydrogen-bond donors (Lipinski definition) is 4. The highest BCUT2D eigenvalue weighted by molar-refractivity contribution is 6.02. The van der Waals surface area contributed by atoms with Gasteiger partial charge in [-0.25, -0.2) is 4.99 Å². The van der Waals surface area contributed by atoms with E-state index in [2.05, 4.69) is 15.6 Å². The Balaban J connectivity index is 2.01. The van der Waals surface area contributed by atoms with Gasteiger partial charge in [0.05, 0.1) is 6.54 Å². The Labute approximate surface area is 99.1 Å². The molecule has 2 rings (SSSR count). The number of aliphatic imine (C=N–C) groups is 1. The number of hydrogen-bond acceptors (Lipinski definition) is 5. The van der Waals surface area contributed by atoms with Crippen LogP contribution in [0.25, 0.3) is 0 Å². The number of amides is 1. The molecule has 6 nitrogen and oxygen atoms in total. The Bertz CT molecular complexity index is 444. The minimum Gasteiger partial charge on any atom is -0.370 e. The van der Waals surface area contributed by atoms with Crippen molar-refractivity contribution in [3.8, 4) is 0 Å². The summed E-state index contributed by atoms with van der Waals surface area (Å²) < 4.78 is 0. The van der Waals surface area contributed by atoms with Crippen LogP contribution in [0.15, 0.2) is 35.3 Å². The molecule has 1 unspecified atom stereocenters. The lowest BCUT2D eigenvalue weighted by atomic mass is 10.1.